The zero-order chi connectivity index (χ0) is 8.43. The topological polar surface area (TPSA) is 46.2 Å². The molecule has 0 saturated carbocycles. The molecule has 62 valence electrons. The van der Waals surface area contributed by atoms with Crippen molar-refractivity contribution in [3.8, 4) is 0 Å². The number of hydrogen-bond donors (Lipinski definition) is 2. The Morgan fingerprint density at radius 1 is 1.82 bits per heavy atom. The first-order valence-electron chi connectivity index (χ1n) is 2.98. The van der Waals surface area contributed by atoms with Crippen molar-refractivity contribution in [2.24, 2.45) is 5.73 Å². The summed E-state index contributed by atoms with van der Waals surface area (Å²) in [7, 11) is 0. The maximum absolute atomic E-state index is 9.27. The molecule has 0 bridgehead atoms. The summed E-state index contributed by atoms with van der Waals surface area (Å²) in [5.41, 5.74) is 5.26. The molecule has 2 nitrogen and oxygen atoms in total. The van der Waals surface area contributed by atoms with Gasteiger partial charge in [-0.3, -0.25) is 0 Å². The maximum Gasteiger partial charge on any atom is 0.107 e. The van der Waals surface area contributed by atoms with Crippen molar-refractivity contribution in [2.45, 2.75) is 6.10 Å². The van der Waals surface area contributed by atoms with Crippen molar-refractivity contribution in [2.75, 3.05) is 6.54 Å². The lowest BCUT2D eigenvalue weighted by Gasteiger charge is -2.01. The summed E-state index contributed by atoms with van der Waals surface area (Å²) in [5, 5.41) is 9.27. The number of thiophene rings is 1. The molecule has 3 N–H and O–H groups in total. The second-order valence-electron chi connectivity index (χ2n) is 2.02. The van der Waals surface area contributed by atoms with Gasteiger partial charge in [-0.2, -0.15) is 0 Å². The van der Waals surface area contributed by atoms with Gasteiger partial charge in [-0.1, -0.05) is 11.6 Å². The fourth-order valence-electron chi connectivity index (χ4n) is 0.644. The van der Waals surface area contributed by atoms with E-state index >= 15 is 0 Å². The van der Waals surface area contributed by atoms with Crippen LogP contribution in [0.2, 0.25) is 4.34 Å². The van der Waals surface area contributed by atoms with Crippen LogP contribution < -0.4 is 5.73 Å². The van der Waals surface area contributed by atoms with Gasteiger partial charge in [-0.15, -0.1) is 11.3 Å². The highest BCUT2D eigenvalue weighted by Gasteiger charge is 2.10. The molecule has 0 aromatic carbocycles. The first-order chi connectivity index (χ1) is 5.15. The summed E-state index contributed by atoms with van der Waals surface area (Å²) >= 11 is 10.3. The Labute approximate surface area is 82.1 Å². The molecule has 0 saturated heterocycles. The highest BCUT2D eigenvalue weighted by atomic mass is 79.9. The molecule has 1 rings (SSSR count). The first kappa shape index (κ1) is 9.48. The molecule has 1 heterocycles. The Bertz CT molecular complexity index is 233. The molecule has 0 amide bonds. The van der Waals surface area contributed by atoms with E-state index < -0.39 is 6.10 Å². The Hall–Kier alpha value is 0.390. The summed E-state index contributed by atoms with van der Waals surface area (Å²) < 4.78 is 1.46. The summed E-state index contributed by atoms with van der Waals surface area (Å²) in [6.45, 7) is 0.225. The molecule has 0 aliphatic rings. The number of aliphatic hydroxyl groups excluding tert-OH is 1. The molecule has 1 atom stereocenters. The van der Waals surface area contributed by atoms with Crippen LogP contribution in [0.1, 0.15) is 11.0 Å². The van der Waals surface area contributed by atoms with E-state index in [4.69, 9.17) is 17.3 Å². The van der Waals surface area contributed by atoms with E-state index in [1.54, 1.807) is 6.07 Å². The minimum atomic E-state index is -0.594. The van der Waals surface area contributed by atoms with Crippen molar-refractivity contribution in [1.29, 1.82) is 0 Å². The molecule has 1 aromatic rings. The van der Waals surface area contributed by atoms with Crippen LogP contribution in [0.15, 0.2) is 10.5 Å². The van der Waals surface area contributed by atoms with Crippen LogP contribution in [0.25, 0.3) is 0 Å². The Morgan fingerprint density at radius 2 is 2.45 bits per heavy atom. The van der Waals surface area contributed by atoms with Crippen molar-refractivity contribution < 1.29 is 5.11 Å². The fraction of sp³-hybridized carbons (Fsp3) is 0.333. The molecule has 0 unspecified atom stereocenters. The normalized spacial score (nSPS) is 13.5. The first-order valence-corrected chi connectivity index (χ1v) is 4.96. The quantitative estimate of drug-likeness (QED) is 0.852. The van der Waals surface area contributed by atoms with Gasteiger partial charge in [0.2, 0.25) is 0 Å². The molecule has 5 heteroatoms. The van der Waals surface area contributed by atoms with Crippen molar-refractivity contribution in [1.82, 2.24) is 0 Å². The van der Waals surface area contributed by atoms with Gasteiger partial charge < -0.3 is 10.8 Å². The second kappa shape index (κ2) is 3.87. The van der Waals surface area contributed by atoms with E-state index in [1.165, 1.54) is 11.3 Å². The number of aliphatic hydroxyl groups is 1. The fourth-order valence-corrected chi connectivity index (χ4v) is 2.38. The van der Waals surface area contributed by atoms with Crippen molar-refractivity contribution >= 4 is 38.9 Å². The molecule has 11 heavy (non-hydrogen) atoms. The lowest BCUT2D eigenvalue weighted by molar-refractivity contribution is 0.190. The number of hydrogen-bond acceptors (Lipinski definition) is 3. The molecular formula is C6H7BrClNOS. The van der Waals surface area contributed by atoms with Gasteiger partial charge >= 0.3 is 0 Å². The van der Waals surface area contributed by atoms with Crippen LogP contribution in [0.5, 0.6) is 0 Å². The lowest BCUT2D eigenvalue weighted by atomic mass is 10.3. The van der Waals surface area contributed by atoms with Gasteiger partial charge in [0.05, 0.1) is 0 Å². The number of nitrogens with two attached hydrogens (primary N) is 1. The van der Waals surface area contributed by atoms with E-state index in [9.17, 15) is 5.11 Å². The van der Waals surface area contributed by atoms with Crippen LogP contribution >= 0.6 is 38.9 Å². The van der Waals surface area contributed by atoms with Gasteiger partial charge in [0.25, 0.3) is 0 Å². The van der Waals surface area contributed by atoms with E-state index in [1.807, 2.05) is 0 Å². The van der Waals surface area contributed by atoms with Gasteiger partial charge in [-0.25, -0.2) is 0 Å². The standard InChI is InChI=1S/C6H7BrClNOS/c7-3-1-5(4(10)2-9)11-6(3)8/h1,4,10H,2,9H2/t4-/m0/s1. The lowest BCUT2D eigenvalue weighted by Crippen LogP contribution is -2.09. The smallest absolute Gasteiger partial charge is 0.107 e. The molecule has 0 radical (unpaired) electrons. The zero-order valence-corrected chi connectivity index (χ0v) is 8.71. The van der Waals surface area contributed by atoms with Gasteiger partial charge in [0.1, 0.15) is 10.4 Å². The third-order valence-corrected chi connectivity index (χ3v) is 3.79. The third-order valence-electron chi connectivity index (χ3n) is 1.22. The average Bonchev–Trinajstić information content (AvgIpc) is 2.31. The van der Waals surface area contributed by atoms with Crippen LogP contribution in [-0.2, 0) is 0 Å². The van der Waals surface area contributed by atoms with Crippen LogP contribution in [0, 0.1) is 0 Å². The van der Waals surface area contributed by atoms with Gasteiger partial charge in [-0.05, 0) is 22.0 Å². The highest BCUT2D eigenvalue weighted by molar-refractivity contribution is 9.10. The van der Waals surface area contributed by atoms with E-state index in [0.29, 0.717) is 4.34 Å². The second-order valence-corrected chi connectivity index (χ2v) is 4.56. The zero-order valence-electron chi connectivity index (χ0n) is 5.55. The summed E-state index contributed by atoms with van der Waals surface area (Å²) in [6, 6.07) is 1.78. The van der Waals surface area contributed by atoms with Crippen LogP contribution in [0.4, 0.5) is 0 Å². The molecule has 0 aliphatic heterocycles. The molecule has 1 aromatic heterocycles. The monoisotopic (exact) mass is 255 g/mol. The van der Waals surface area contributed by atoms with Gasteiger partial charge in [0.15, 0.2) is 0 Å². The molecular weight excluding hydrogens is 249 g/mol. The molecule has 0 spiro atoms. The van der Waals surface area contributed by atoms with E-state index in [2.05, 4.69) is 15.9 Å². The highest BCUT2D eigenvalue weighted by Crippen LogP contribution is 2.34. The summed E-state index contributed by atoms with van der Waals surface area (Å²) in [6.07, 6.45) is -0.594. The third kappa shape index (κ3) is 2.16. The predicted octanol–water partition coefficient (Wildman–Crippen LogP) is 2.16. The van der Waals surface area contributed by atoms with Crippen molar-refractivity contribution in [3.05, 3.63) is 19.8 Å². The maximum atomic E-state index is 9.27. The summed E-state index contributed by atoms with van der Waals surface area (Å²) in [4.78, 5) is 0.796. The van der Waals surface area contributed by atoms with E-state index in [-0.39, 0.29) is 6.54 Å². The minimum Gasteiger partial charge on any atom is -0.386 e. The molecule has 0 fully saturated rings. The van der Waals surface area contributed by atoms with Crippen LogP contribution in [0.3, 0.4) is 0 Å². The van der Waals surface area contributed by atoms with E-state index in [0.717, 1.165) is 9.35 Å². The number of rotatable bonds is 2. The summed E-state index contributed by atoms with van der Waals surface area (Å²) in [5.74, 6) is 0. The SMILES string of the molecule is NC[C@H](O)c1cc(Br)c(Cl)s1. The Morgan fingerprint density at radius 3 is 2.82 bits per heavy atom. The Balaban J connectivity index is 2.88. The van der Waals surface area contributed by atoms with Crippen LogP contribution in [-0.4, -0.2) is 11.7 Å². The average molecular weight is 257 g/mol. The van der Waals surface area contributed by atoms with Gasteiger partial charge in [0, 0.05) is 15.9 Å². The largest absolute Gasteiger partial charge is 0.386 e. The minimum absolute atomic E-state index is 0.225. The van der Waals surface area contributed by atoms with Crippen molar-refractivity contribution in [3.63, 3.8) is 0 Å². The molecule has 0 aliphatic carbocycles. The number of halogens is 2. The Kier molecular flexibility index (Phi) is 3.33. The predicted molar refractivity (Wildman–Crippen MR) is 51.0 cm³/mol.